The normalized spacial score (nSPS) is 15.6. The molecule has 2 aromatic rings. The maximum atomic E-state index is 12.6. The minimum atomic E-state index is -0.647. The molecule has 3 rings (SSSR count). The van der Waals surface area contributed by atoms with E-state index in [1.165, 1.54) is 49.6 Å². The Morgan fingerprint density at radius 3 is 2.25 bits per heavy atom. The number of carbonyl (C=O) groups excluding carboxylic acids is 1. The molecule has 28 heavy (non-hydrogen) atoms. The van der Waals surface area contributed by atoms with Crippen LogP contribution in [-0.2, 0) is 9.53 Å². The first-order chi connectivity index (χ1) is 13.3. The van der Waals surface area contributed by atoms with Gasteiger partial charge in [0, 0.05) is 12.1 Å². The van der Waals surface area contributed by atoms with Crippen molar-refractivity contribution < 1.29 is 24.9 Å². The number of nitrogens with zero attached hydrogens (tertiary/aromatic N) is 1. The second-order valence-electron chi connectivity index (χ2n) is 5.69. The zero-order chi connectivity index (χ0) is 20.4. The van der Waals surface area contributed by atoms with Crippen molar-refractivity contribution in [1.29, 1.82) is 0 Å². The largest absolute Gasteiger partial charge is 0.508 e. The number of methoxy groups -OCH3 is 1. The van der Waals surface area contributed by atoms with Gasteiger partial charge in [0.05, 0.1) is 34.2 Å². The van der Waals surface area contributed by atoms with E-state index in [9.17, 15) is 20.1 Å². The Balaban J connectivity index is 2.06. The number of ketones is 1. The fraction of sp³-hybridized carbons (Fsp3) is 0.0526. The summed E-state index contributed by atoms with van der Waals surface area (Å²) in [7, 11) is 1.24. The van der Waals surface area contributed by atoms with E-state index in [0.717, 1.165) is 0 Å². The van der Waals surface area contributed by atoms with Gasteiger partial charge in [-0.05, 0) is 30.3 Å². The lowest BCUT2D eigenvalue weighted by Crippen LogP contribution is -2.25. The maximum Gasteiger partial charge on any atom is 0.249 e. The van der Waals surface area contributed by atoms with Crippen LogP contribution in [0.25, 0.3) is 0 Å². The van der Waals surface area contributed by atoms with Crippen LogP contribution in [0.1, 0.15) is 0 Å². The monoisotopic (exact) mass is 420 g/mol. The van der Waals surface area contributed by atoms with Crippen LogP contribution in [0.15, 0.2) is 64.7 Å². The van der Waals surface area contributed by atoms with E-state index in [-0.39, 0.29) is 44.4 Å². The van der Waals surface area contributed by atoms with Crippen molar-refractivity contribution in [3.05, 3.63) is 69.7 Å². The SMILES string of the molecule is COC1=C(O)C(Nc2ccc(O)cc2Cl)=CC(=Nc2ccc(O)cc2Cl)C1=O. The molecule has 0 aromatic heterocycles. The lowest BCUT2D eigenvalue weighted by atomic mass is 10.0. The lowest BCUT2D eigenvalue weighted by Gasteiger charge is -2.19. The Kier molecular flexibility index (Phi) is 5.48. The second-order valence-corrected chi connectivity index (χ2v) is 6.51. The number of hydrogen-bond acceptors (Lipinski definition) is 7. The van der Waals surface area contributed by atoms with Gasteiger partial charge in [-0.1, -0.05) is 23.2 Å². The van der Waals surface area contributed by atoms with E-state index in [1.54, 1.807) is 0 Å². The van der Waals surface area contributed by atoms with Gasteiger partial charge in [-0.3, -0.25) is 4.79 Å². The minimum absolute atomic E-state index is 0.0232. The topological polar surface area (TPSA) is 111 Å². The summed E-state index contributed by atoms with van der Waals surface area (Å²) in [5.74, 6) is -1.45. The van der Waals surface area contributed by atoms with Crippen LogP contribution in [0.2, 0.25) is 10.0 Å². The first-order valence-corrected chi connectivity index (χ1v) is 8.62. The van der Waals surface area contributed by atoms with Crippen LogP contribution in [0.5, 0.6) is 11.5 Å². The molecule has 0 saturated carbocycles. The highest BCUT2D eigenvalue weighted by atomic mass is 35.5. The summed E-state index contributed by atoms with van der Waals surface area (Å²) in [4.78, 5) is 16.8. The van der Waals surface area contributed by atoms with Gasteiger partial charge in [0.25, 0.3) is 0 Å². The average Bonchev–Trinajstić information content (AvgIpc) is 2.63. The molecule has 0 heterocycles. The number of rotatable bonds is 4. The van der Waals surface area contributed by atoms with E-state index in [4.69, 9.17) is 27.9 Å². The minimum Gasteiger partial charge on any atom is -0.508 e. The first kappa shape index (κ1) is 19.6. The quantitative estimate of drug-likeness (QED) is 0.428. The molecular weight excluding hydrogens is 407 g/mol. The summed E-state index contributed by atoms with van der Waals surface area (Å²) in [6.45, 7) is 0. The number of phenols is 2. The van der Waals surface area contributed by atoms with Crippen molar-refractivity contribution in [3.63, 3.8) is 0 Å². The molecule has 9 heteroatoms. The van der Waals surface area contributed by atoms with Crippen LogP contribution in [-0.4, -0.2) is 33.9 Å². The number of aliphatic hydroxyl groups is 1. The molecule has 2 aromatic carbocycles. The van der Waals surface area contributed by atoms with Crippen molar-refractivity contribution in [1.82, 2.24) is 0 Å². The summed E-state index contributed by atoms with van der Waals surface area (Å²) < 4.78 is 5.02. The lowest BCUT2D eigenvalue weighted by molar-refractivity contribution is -0.112. The smallest absolute Gasteiger partial charge is 0.249 e. The molecule has 0 amide bonds. The van der Waals surface area contributed by atoms with Crippen LogP contribution >= 0.6 is 23.2 Å². The Bertz CT molecular complexity index is 1060. The molecule has 7 nitrogen and oxygen atoms in total. The second kappa shape index (κ2) is 7.84. The molecule has 144 valence electrons. The Hall–Kier alpha value is -3.16. The number of allylic oxidation sites excluding steroid dienone is 2. The number of aliphatic hydroxyl groups excluding tert-OH is 1. The number of ether oxygens (including phenoxy) is 1. The van der Waals surface area contributed by atoms with E-state index < -0.39 is 11.5 Å². The highest BCUT2D eigenvalue weighted by Gasteiger charge is 2.29. The number of nitrogens with one attached hydrogen (secondary N) is 1. The Morgan fingerprint density at radius 2 is 1.64 bits per heavy atom. The summed E-state index contributed by atoms with van der Waals surface area (Å²) in [6, 6.07) is 8.34. The fourth-order valence-electron chi connectivity index (χ4n) is 2.45. The van der Waals surface area contributed by atoms with Crippen LogP contribution in [0, 0.1) is 0 Å². The molecule has 0 spiro atoms. The maximum absolute atomic E-state index is 12.6. The highest BCUT2D eigenvalue weighted by Crippen LogP contribution is 2.32. The number of phenolic OH excluding ortho intramolecular Hbond substituents is 2. The number of aliphatic imine (C=N–C) groups is 1. The third-order valence-electron chi connectivity index (χ3n) is 3.79. The summed E-state index contributed by atoms with van der Waals surface area (Å²) in [5, 5.41) is 32.5. The molecule has 0 bridgehead atoms. The van der Waals surface area contributed by atoms with Gasteiger partial charge >= 0.3 is 0 Å². The number of Topliss-reactive ketones (excluding diaryl/α,β-unsaturated/α-hetero) is 1. The van der Waals surface area contributed by atoms with E-state index in [2.05, 4.69) is 10.3 Å². The zero-order valence-corrected chi connectivity index (χ0v) is 15.9. The fourth-order valence-corrected chi connectivity index (χ4v) is 2.89. The Labute approximate surface area is 169 Å². The molecule has 4 N–H and O–H groups in total. The predicted octanol–water partition coefficient (Wildman–Crippen LogP) is 4.47. The van der Waals surface area contributed by atoms with Crippen LogP contribution in [0.4, 0.5) is 11.4 Å². The third kappa shape index (κ3) is 3.90. The van der Waals surface area contributed by atoms with E-state index in [1.807, 2.05) is 0 Å². The number of anilines is 1. The van der Waals surface area contributed by atoms with Gasteiger partial charge in [0.1, 0.15) is 17.2 Å². The molecule has 0 fully saturated rings. The van der Waals surface area contributed by atoms with Crippen molar-refractivity contribution in [3.8, 4) is 11.5 Å². The molecule has 0 unspecified atom stereocenters. The number of aromatic hydroxyl groups is 2. The van der Waals surface area contributed by atoms with Crippen molar-refractivity contribution >= 4 is 46.1 Å². The number of benzene rings is 2. The molecule has 1 aliphatic carbocycles. The van der Waals surface area contributed by atoms with Crippen LogP contribution in [0.3, 0.4) is 0 Å². The van der Waals surface area contributed by atoms with E-state index >= 15 is 0 Å². The number of carbonyl (C=O) groups is 1. The summed E-state index contributed by atoms with van der Waals surface area (Å²) in [6.07, 6.45) is 1.31. The van der Waals surface area contributed by atoms with Gasteiger partial charge in [0.2, 0.25) is 11.5 Å². The predicted molar refractivity (Wildman–Crippen MR) is 107 cm³/mol. The van der Waals surface area contributed by atoms with Crippen molar-refractivity contribution in [2.24, 2.45) is 4.99 Å². The van der Waals surface area contributed by atoms with Gasteiger partial charge in [-0.15, -0.1) is 0 Å². The molecule has 0 atom stereocenters. The van der Waals surface area contributed by atoms with E-state index in [0.29, 0.717) is 5.69 Å². The highest BCUT2D eigenvalue weighted by molar-refractivity contribution is 6.51. The molecule has 0 radical (unpaired) electrons. The van der Waals surface area contributed by atoms with Crippen molar-refractivity contribution in [2.45, 2.75) is 0 Å². The third-order valence-corrected chi connectivity index (χ3v) is 4.40. The van der Waals surface area contributed by atoms with Crippen LogP contribution < -0.4 is 5.32 Å². The zero-order valence-electron chi connectivity index (χ0n) is 14.4. The first-order valence-electron chi connectivity index (χ1n) is 7.87. The standard InChI is InChI=1S/C19H14Cl2N2O5/c1-28-19-17(26)15(22-13-4-2-9(24)6-11(13)20)8-16(18(19)27)23-14-5-3-10(25)7-12(14)21/h2-8,22,24-26H,1H3. The summed E-state index contributed by atoms with van der Waals surface area (Å²) in [5.41, 5.74) is 0.680. The average molecular weight is 421 g/mol. The summed E-state index contributed by atoms with van der Waals surface area (Å²) >= 11 is 12.1. The molecular formula is C19H14Cl2N2O5. The Morgan fingerprint density at radius 1 is 1.00 bits per heavy atom. The number of hydrogen-bond donors (Lipinski definition) is 4. The van der Waals surface area contributed by atoms with Crippen molar-refractivity contribution in [2.75, 3.05) is 12.4 Å². The molecule has 0 aliphatic heterocycles. The molecule has 1 aliphatic rings. The van der Waals surface area contributed by atoms with Gasteiger partial charge in [-0.2, -0.15) is 0 Å². The van der Waals surface area contributed by atoms with Gasteiger partial charge in [0.15, 0.2) is 5.76 Å². The molecule has 0 saturated heterocycles. The number of halogens is 2. The van der Waals surface area contributed by atoms with Gasteiger partial charge < -0.3 is 25.4 Å². The van der Waals surface area contributed by atoms with Gasteiger partial charge in [-0.25, -0.2) is 4.99 Å².